The second kappa shape index (κ2) is 10.4. The molecule has 214 valence electrons. The zero-order valence-corrected chi connectivity index (χ0v) is 25.7. The Bertz CT molecular complexity index is 846. The van der Waals surface area contributed by atoms with Crippen molar-refractivity contribution in [2.75, 3.05) is 0 Å². The molecule has 0 bridgehead atoms. The monoisotopic (exact) mass is 586 g/mol. The van der Waals surface area contributed by atoms with Gasteiger partial charge in [0.15, 0.2) is 0 Å². The van der Waals surface area contributed by atoms with Gasteiger partial charge in [-0.2, -0.15) is 0 Å². The van der Waals surface area contributed by atoms with Crippen molar-refractivity contribution in [3.63, 3.8) is 0 Å². The molecular weight excluding hydrogens is 536 g/mol. The molecule has 4 fully saturated rings. The summed E-state index contributed by atoms with van der Waals surface area (Å²) in [5, 5.41) is 21.3. The molecule has 4 aliphatic heterocycles. The molecule has 0 unspecified atom stereocenters. The number of fused-ring (bicyclic) bond motifs is 1. The minimum Gasteiger partial charge on any atom is -0.390 e. The number of halogens is 1. The number of hydrogen-bond acceptors (Lipinski definition) is 6. The smallest absolute Gasteiger partial charge is 0.0924 e. The van der Waals surface area contributed by atoms with Gasteiger partial charge in [0.2, 0.25) is 0 Å². The van der Waals surface area contributed by atoms with Crippen molar-refractivity contribution in [3.8, 4) is 0 Å². The molecule has 7 heteroatoms. The molecule has 37 heavy (non-hydrogen) atoms. The number of alkyl halides is 1. The lowest BCUT2D eigenvalue weighted by molar-refractivity contribution is -0.285. The maximum absolute atomic E-state index is 11.0. The van der Waals surface area contributed by atoms with Crippen molar-refractivity contribution in [3.05, 3.63) is 12.2 Å². The summed E-state index contributed by atoms with van der Waals surface area (Å²) >= 11 is 3.80. The Labute approximate surface area is 233 Å². The summed E-state index contributed by atoms with van der Waals surface area (Å²) in [6, 6.07) is 0. The first-order chi connectivity index (χ1) is 17.0. The summed E-state index contributed by atoms with van der Waals surface area (Å²) < 4.78 is 26.3. The summed E-state index contributed by atoms with van der Waals surface area (Å²) in [4.78, 5) is 0.357. The van der Waals surface area contributed by atoms with Gasteiger partial charge in [-0.15, -0.1) is 0 Å². The second-order valence-corrected chi connectivity index (χ2v) is 15.1. The molecule has 0 saturated carbocycles. The minimum atomic E-state index is -0.666. The van der Waals surface area contributed by atoms with Gasteiger partial charge in [-0.3, -0.25) is 0 Å². The predicted molar refractivity (Wildman–Crippen MR) is 149 cm³/mol. The minimum absolute atomic E-state index is 0.0263. The zero-order chi connectivity index (χ0) is 27.4. The van der Waals surface area contributed by atoms with E-state index in [9.17, 15) is 10.2 Å². The Balaban J connectivity index is 1.31. The Morgan fingerprint density at radius 2 is 1.51 bits per heavy atom. The standard InChI is InChI=1S/C30H51BrO6/c1-19(9-11-23(33)28(6)17-14-22(32)27(4,5)37-28)20-10-12-24-29(7,35-20)18-15-25(34-24)30(8)16-13-21(31)26(2,3)36-30/h20-25,32-33H,1,9-18H2,2-8H3/t20-,21-,22-,23+,24-,25-,28-,29+,30+/m1/s1. The van der Waals surface area contributed by atoms with E-state index < -0.39 is 23.4 Å². The summed E-state index contributed by atoms with van der Waals surface area (Å²) in [5.74, 6) is 0. The molecule has 4 rings (SSSR count). The topological polar surface area (TPSA) is 77.4 Å². The normalized spacial score (nSPS) is 46.6. The van der Waals surface area contributed by atoms with Crippen LogP contribution < -0.4 is 0 Å². The van der Waals surface area contributed by atoms with Crippen molar-refractivity contribution in [2.45, 2.75) is 176 Å². The van der Waals surface area contributed by atoms with Gasteiger partial charge in [0.1, 0.15) is 0 Å². The first kappa shape index (κ1) is 30.0. The van der Waals surface area contributed by atoms with Gasteiger partial charge in [-0.05, 0) is 118 Å². The van der Waals surface area contributed by atoms with Crippen LogP contribution in [0.2, 0.25) is 0 Å². The third-order valence-electron chi connectivity index (χ3n) is 9.95. The highest BCUT2D eigenvalue weighted by Crippen LogP contribution is 2.48. The van der Waals surface area contributed by atoms with Gasteiger partial charge in [0.25, 0.3) is 0 Å². The molecule has 0 aromatic rings. The Kier molecular flexibility index (Phi) is 8.44. The van der Waals surface area contributed by atoms with Gasteiger partial charge < -0.3 is 29.2 Å². The van der Waals surface area contributed by atoms with E-state index in [1.807, 2.05) is 20.8 Å². The molecule has 0 amide bonds. The Morgan fingerprint density at radius 3 is 2.16 bits per heavy atom. The molecule has 0 radical (unpaired) electrons. The number of ether oxygens (including phenoxy) is 4. The van der Waals surface area contributed by atoms with Crippen LogP contribution in [0.4, 0.5) is 0 Å². The molecule has 0 aliphatic carbocycles. The van der Waals surface area contributed by atoms with Crippen LogP contribution in [0.5, 0.6) is 0 Å². The third kappa shape index (κ3) is 6.03. The van der Waals surface area contributed by atoms with Crippen LogP contribution in [0.1, 0.15) is 113 Å². The quantitative estimate of drug-likeness (QED) is 0.294. The number of aliphatic hydroxyl groups is 2. The third-order valence-corrected chi connectivity index (χ3v) is 11.5. The SMILES string of the molecule is C=C(CC[C@H](O)[C@@]1(C)CC[C@@H](O)C(C)(C)O1)[C@H]1CC[C@H]2O[C@@H]([C@]3(C)CC[C@@H](Br)C(C)(C)O3)CC[C@]2(C)O1. The highest BCUT2D eigenvalue weighted by molar-refractivity contribution is 9.09. The van der Waals surface area contributed by atoms with Crippen LogP contribution in [-0.2, 0) is 18.9 Å². The molecular formula is C30H51BrO6. The lowest BCUT2D eigenvalue weighted by Gasteiger charge is -2.55. The van der Waals surface area contributed by atoms with Gasteiger partial charge in [0.05, 0.1) is 58.5 Å². The first-order valence-corrected chi connectivity index (χ1v) is 15.3. The molecule has 0 aromatic heterocycles. The van der Waals surface area contributed by atoms with Crippen LogP contribution in [0, 0.1) is 0 Å². The van der Waals surface area contributed by atoms with Crippen molar-refractivity contribution in [1.29, 1.82) is 0 Å². The van der Waals surface area contributed by atoms with E-state index in [-0.39, 0.29) is 35.1 Å². The Morgan fingerprint density at radius 1 is 0.865 bits per heavy atom. The highest BCUT2D eigenvalue weighted by atomic mass is 79.9. The average molecular weight is 588 g/mol. The lowest BCUT2D eigenvalue weighted by atomic mass is 9.76. The van der Waals surface area contributed by atoms with Gasteiger partial charge in [-0.25, -0.2) is 0 Å². The number of rotatable bonds is 6. The van der Waals surface area contributed by atoms with Crippen molar-refractivity contribution < 1.29 is 29.2 Å². The summed E-state index contributed by atoms with van der Waals surface area (Å²) in [6.07, 6.45) is 7.23. The Hall–Kier alpha value is -0.0200. The van der Waals surface area contributed by atoms with E-state index in [1.54, 1.807) is 0 Å². The summed E-state index contributed by atoms with van der Waals surface area (Å²) in [6.45, 7) is 18.9. The molecule has 4 heterocycles. The summed E-state index contributed by atoms with van der Waals surface area (Å²) in [7, 11) is 0. The van der Waals surface area contributed by atoms with Crippen molar-refractivity contribution >= 4 is 15.9 Å². The molecule has 0 spiro atoms. The zero-order valence-electron chi connectivity index (χ0n) is 24.1. The van der Waals surface area contributed by atoms with E-state index >= 15 is 0 Å². The number of aliphatic hydroxyl groups excluding tert-OH is 2. The largest absolute Gasteiger partial charge is 0.390 e. The van der Waals surface area contributed by atoms with Crippen LogP contribution in [0.3, 0.4) is 0 Å². The fraction of sp³-hybridized carbons (Fsp3) is 0.933. The van der Waals surface area contributed by atoms with E-state index in [2.05, 4.69) is 50.2 Å². The van der Waals surface area contributed by atoms with Gasteiger partial charge in [0, 0.05) is 4.83 Å². The first-order valence-electron chi connectivity index (χ1n) is 14.4. The van der Waals surface area contributed by atoms with Crippen LogP contribution >= 0.6 is 15.9 Å². The molecule has 4 aliphatic rings. The number of hydrogen-bond donors (Lipinski definition) is 2. The molecule has 2 N–H and O–H groups in total. The maximum Gasteiger partial charge on any atom is 0.0924 e. The van der Waals surface area contributed by atoms with Crippen LogP contribution in [-0.4, -0.2) is 73.6 Å². The fourth-order valence-corrected chi connectivity index (χ4v) is 7.46. The van der Waals surface area contributed by atoms with Crippen molar-refractivity contribution in [1.82, 2.24) is 0 Å². The van der Waals surface area contributed by atoms with Gasteiger partial charge in [-0.1, -0.05) is 22.5 Å². The fourth-order valence-electron chi connectivity index (χ4n) is 7.14. The molecule has 4 saturated heterocycles. The van der Waals surface area contributed by atoms with E-state index in [4.69, 9.17) is 18.9 Å². The molecule has 6 nitrogen and oxygen atoms in total. The van der Waals surface area contributed by atoms with E-state index in [0.29, 0.717) is 30.5 Å². The van der Waals surface area contributed by atoms with Gasteiger partial charge >= 0.3 is 0 Å². The summed E-state index contributed by atoms with van der Waals surface area (Å²) in [5.41, 5.74) is -1.13. The molecule has 0 aromatic carbocycles. The van der Waals surface area contributed by atoms with Crippen LogP contribution in [0.25, 0.3) is 0 Å². The van der Waals surface area contributed by atoms with Crippen molar-refractivity contribution in [2.24, 2.45) is 0 Å². The molecule has 9 atom stereocenters. The second-order valence-electron chi connectivity index (χ2n) is 14.0. The van der Waals surface area contributed by atoms with Crippen LogP contribution in [0.15, 0.2) is 12.2 Å². The van der Waals surface area contributed by atoms with E-state index in [1.165, 1.54) is 0 Å². The predicted octanol–water partition coefficient (Wildman–Crippen LogP) is 5.99. The van der Waals surface area contributed by atoms with E-state index in [0.717, 1.165) is 44.1 Å². The lowest BCUT2D eigenvalue weighted by Crippen LogP contribution is -2.62. The maximum atomic E-state index is 11.0. The highest BCUT2D eigenvalue weighted by Gasteiger charge is 2.54. The average Bonchev–Trinajstić information content (AvgIpc) is 2.81.